The van der Waals surface area contributed by atoms with Crippen LogP contribution in [0.3, 0.4) is 0 Å². The molecule has 0 saturated carbocycles. The molecule has 3 heteroatoms. The van der Waals surface area contributed by atoms with Crippen molar-refractivity contribution in [1.29, 1.82) is 0 Å². The standard InChI is InChI=1S/C13H17NO2/c1-10(8-15)7-14-6-5-11-3-2-4-12(9-16)13(11)14/h2-6,10,15-16H,7-9H2,1H3. The fourth-order valence-corrected chi connectivity index (χ4v) is 2.01. The molecule has 0 amide bonds. The summed E-state index contributed by atoms with van der Waals surface area (Å²) in [6.45, 7) is 3.01. The number of aliphatic hydroxyl groups excluding tert-OH is 2. The van der Waals surface area contributed by atoms with Gasteiger partial charge in [0.25, 0.3) is 0 Å². The van der Waals surface area contributed by atoms with Gasteiger partial charge in [0.05, 0.1) is 12.1 Å². The molecule has 0 aliphatic carbocycles. The summed E-state index contributed by atoms with van der Waals surface area (Å²) in [6, 6.07) is 7.96. The molecule has 86 valence electrons. The Kier molecular flexibility index (Phi) is 3.27. The van der Waals surface area contributed by atoms with Crippen LogP contribution in [0.25, 0.3) is 10.9 Å². The van der Waals surface area contributed by atoms with Crippen LogP contribution < -0.4 is 0 Å². The highest BCUT2D eigenvalue weighted by atomic mass is 16.3. The summed E-state index contributed by atoms with van der Waals surface area (Å²) in [6.07, 6.45) is 2.01. The summed E-state index contributed by atoms with van der Waals surface area (Å²) in [5, 5.41) is 19.5. The van der Waals surface area contributed by atoms with E-state index < -0.39 is 0 Å². The van der Waals surface area contributed by atoms with Crippen LogP contribution in [0.5, 0.6) is 0 Å². The van der Waals surface area contributed by atoms with Crippen LogP contribution in [0.2, 0.25) is 0 Å². The van der Waals surface area contributed by atoms with Crippen LogP contribution in [0.4, 0.5) is 0 Å². The summed E-state index contributed by atoms with van der Waals surface area (Å²) in [5.74, 6) is 0.224. The number of hydrogen-bond acceptors (Lipinski definition) is 2. The second kappa shape index (κ2) is 4.68. The van der Waals surface area contributed by atoms with Gasteiger partial charge in [-0.05, 0) is 17.4 Å². The van der Waals surface area contributed by atoms with Crippen molar-refractivity contribution in [1.82, 2.24) is 4.57 Å². The molecule has 2 rings (SSSR count). The number of rotatable bonds is 4. The molecule has 0 saturated heterocycles. The first kappa shape index (κ1) is 11.2. The minimum atomic E-state index is 0.0505. The zero-order chi connectivity index (χ0) is 11.5. The lowest BCUT2D eigenvalue weighted by Crippen LogP contribution is -2.10. The molecular weight excluding hydrogens is 202 g/mol. The van der Waals surface area contributed by atoms with Gasteiger partial charge in [-0.15, -0.1) is 0 Å². The number of aromatic nitrogens is 1. The van der Waals surface area contributed by atoms with Crippen LogP contribution >= 0.6 is 0 Å². The molecule has 16 heavy (non-hydrogen) atoms. The van der Waals surface area contributed by atoms with Crippen molar-refractivity contribution in [3.05, 3.63) is 36.0 Å². The summed E-state index contributed by atoms with van der Waals surface area (Å²) in [5.41, 5.74) is 2.01. The molecule has 0 radical (unpaired) electrons. The molecule has 0 aliphatic rings. The Morgan fingerprint density at radius 2 is 2.06 bits per heavy atom. The van der Waals surface area contributed by atoms with E-state index >= 15 is 0 Å². The fourth-order valence-electron chi connectivity index (χ4n) is 2.01. The highest BCUT2D eigenvalue weighted by Crippen LogP contribution is 2.21. The number of fused-ring (bicyclic) bond motifs is 1. The van der Waals surface area contributed by atoms with Gasteiger partial charge in [0.2, 0.25) is 0 Å². The van der Waals surface area contributed by atoms with Crippen LogP contribution in [-0.2, 0) is 13.2 Å². The van der Waals surface area contributed by atoms with Crippen molar-refractivity contribution in [2.75, 3.05) is 6.61 Å². The maximum absolute atomic E-state index is 9.31. The first-order valence-electron chi connectivity index (χ1n) is 5.54. The van der Waals surface area contributed by atoms with Crippen molar-refractivity contribution in [2.45, 2.75) is 20.1 Å². The molecule has 1 aromatic heterocycles. The monoisotopic (exact) mass is 219 g/mol. The van der Waals surface area contributed by atoms with E-state index in [1.807, 2.05) is 37.4 Å². The summed E-state index contributed by atoms with van der Waals surface area (Å²) in [4.78, 5) is 0. The molecule has 2 aromatic rings. The fraction of sp³-hybridized carbons (Fsp3) is 0.385. The van der Waals surface area contributed by atoms with Gasteiger partial charge in [-0.25, -0.2) is 0 Å². The topological polar surface area (TPSA) is 45.4 Å². The van der Waals surface area contributed by atoms with Gasteiger partial charge >= 0.3 is 0 Å². The number of hydrogen-bond donors (Lipinski definition) is 2. The maximum Gasteiger partial charge on any atom is 0.0702 e. The Morgan fingerprint density at radius 1 is 1.25 bits per heavy atom. The van der Waals surface area contributed by atoms with Crippen molar-refractivity contribution in [2.24, 2.45) is 5.92 Å². The van der Waals surface area contributed by atoms with E-state index in [-0.39, 0.29) is 19.1 Å². The molecule has 1 unspecified atom stereocenters. The first-order chi connectivity index (χ1) is 7.76. The van der Waals surface area contributed by atoms with Crippen molar-refractivity contribution in [3.8, 4) is 0 Å². The average Bonchev–Trinajstić information content (AvgIpc) is 2.72. The van der Waals surface area contributed by atoms with E-state index in [0.717, 1.165) is 23.0 Å². The highest BCUT2D eigenvalue weighted by molar-refractivity contribution is 5.83. The lowest BCUT2D eigenvalue weighted by molar-refractivity contribution is 0.224. The summed E-state index contributed by atoms with van der Waals surface area (Å²) < 4.78 is 2.10. The lowest BCUT2D eigenvalue weighted by atomic mass is 10.1. The van der Waals surface area contributed by atoms with Gasteiger partial charge in [-0.3, -0.25) is 0 Å². The number of aliphatic hydroxyl groups is 2. The predicted molar refractivity (Wildman–Crippen MR) is 64.1 cm³/mol. The van der Waals surface area contributed by atoms with Crippen LogP contribution in [0, 0.1) is 5.92 Å². The second-order valence-electron chi connectivity index (χ2n) is 4.27. The number of para-hydroxylation sites is 1. The largest absolute Gasteiger partial charge is 0.396 e. The van der Waals surface area contributed by atoms with Crippen LogP contribution in [0.15, 0.2) is 30.5 Å². The van der Waals surface area contributed by atoms with Gasteiger partial charge in [0.1, 0.15) is 0 Å². The molecule has 2 N–H and O–H groups in total. The highest BCUT2D eigenvalue weighted by Gasteiger charge is 2.08. The van der Waals surface area contributed by atoms with E-state index in [0.29, 0.717) is 0 Å². The van der Waals surface area contributed by atoms with E-state index in [1.54, 1.807) is 0 Å². The molecule has 1 heterocycles. The van der Waals surface area contributed by atoms with Gasteiger partial charge in [0.15, 0.2) is 0 Å². The predicted octanol–water partition coefficient (Wildman–Crippen LogP) is 1.76. The van der Waals surface area contributed by atoms with Crippen molar-refractivity contribution >= 4 is 10.9 Å². The van der Waals surface area contributed by atoms with E-state index in [4.69, 9.17) is 5.11 Å². The smallest absolute Gasteiger partial charge is 0.0702 e. The van der Waals surface area contributed by atoms with E-state index in [2.05, 4.69) is 4.57 Å². The van der Waals surface area contributed by atoms with E-state index in [1.165, 1.54) is 0 Å². The zero-order valence-corrected chi connectivity index (χ0v) is 9.43. The number of benzene rings is 1. The SMILES string of the molecule is CC(CO)Cn1ccc2cccc(CO)c21. The quantitative estimate of drug-likeness (QED) is 0.823. The molecule has 0 bridgehead atoms. The average molecular weight is 219 g/mol. The van der Waals surface area contributed by atoms with Gasteiger partial charge in [-0.1, -0.05) is 25.1 Å². The Hall–Kier alpha value is -1.32. The van der Waals surface area contributed by atoms with Gasteiger partial charge < -0.3 is 14.8 Å². The maximum atomic E-state index is 9.31. The molecule has 1 atom stereocenters. The summed E-state index contributed by atoms with van der Waals surface area (Å²) >= 11 is 0. The van der Waals surface area contributed by atoms with Gasteiger partial charge in [-0.2, -0.15) is 0 Å². The van der Waals surface area contributed by atoms with Crippen LogP contribution in [-0.4, -0.2) is 21.4 Å². The number of nitrogens with zero attached hydrogens (tertiary/aromatic N) is 1. The molecule has 0 spiro atoms. The van der Waals surface area contributed by atoms with Crippen LogP contribution in [0.1, 0.15) is 12.5 Å². The minimum absolute atomic E-state index is 0.0505. The Balaban J connectivity index is 2.45. The third-order valence-electron chi connectivity index (χ3n) is 2.86. The van der Waals surface area contributed by atoms with E-state index in [9.17, 15) is 5.11 Å². The first-order valence-corrected chi connectivity index (χ1v) is 5.54. The third kappa shape index (κ3) is 1.96. The molecule has 0 aliphatic heterocycles. The Bertz CT molecular complexity index is 476. The normalized spacial score (nSPS) is 13.2. The van der Waals surface area contributed by atoms with Gasteiger partial charge in [0, 0.05) is 24.9 Å². The zero-order valence-electron chi connectivity index (χ0n) is 9.43. The Morgan fingerprint density at radius 3 is 2.75 bits per heavy atom. The lowest BCUT2D eigenvalue weighted by Gasteiger charge is -2.12. The Labute approximate surface area is 94.9 Å². The third-order valence-corrected chi connectivity index (χ3v) is 2.86. The molecule has 1 aromatic carbocycles. The molecule has 0 fully saturated rings. The minimum Gasteiger partial charge on any atom is -0.396 e. The molecule has 3 nitrogen and oxygen atoms in total. The summed E-state index contributed by atoms with van der Waals surface area (Å²) in [7, 11) is 0. The van der Waals surface area contributed by atoms with Crippen molar-refractivity contribution < 1.29 is 10.2 Å². The molecular formula is C13H17NO2. The second-order valence-corrected chi connectivity index (χ2v) is 4.27. The van der Waals surface area contributed by atoms with Crippen molar-refractivity contribution in [3.63, 3.8) is 0 Å².